The highest BCUT2D eigenvalue weighted by Crippen LogP contribution is 2.29. The van der Waals surface area contributed by atoms with Crippen molar-refractivity contribution in [3.05, 3.63) is 41.0 Å². The van der Waals surface area contributed by atoms with Crippen LogP contribution in [0.4, 0.5) is 0 Å². The molecular formula is C16H22ClN3O. The predicted molar refractivity (Wildman–Crippen MR) is 86.3 cm³/mol. The third-order valence-corrected chi connectivity index (χ3v) is 3.93. The lowest BCUT2D eigenvalue weighted by Gasteiger charge is -2.20. The van der Waals surface area contributed by atoms with E-state index < -0.39 is 0 Å². The first kappa shape index (κ1) is 16.0. The molecule has 0 radical (unpaired) electrons. The summed E-state index contributed by atoms with van der Waals surface area (Å²) in [5, 5.41) is 14.4. The zero-order valence-electron chi connectivity index (χ0n) is 12.6. The monoisotopic (exact) mass is 307 g/mol. The smallest absolute Gasteiger partial charge is 0.131 e. The molecule has 0 aliphatic carbocycles. The molecule has 0 amide bonds. The van der Waals surface area contributed by atoms with Gasteiger partial charge in [0.25, 0.3) is 0 Å². The van der Waals surface area contributed by atoms with Crippen LogP contribution in [-0.2, 0) is 13.6 Å². The maximum absolute atomic E-state index is 9.21. The van der Waals surface area contributed by atoms with Gasteiger partial charge in [-0.1, -0.05) is 48.9 Å². The molecule has 0 aliphatic rings. The number of halogens is 1. The number of nitrogens with zero attached hydrogens (tertiary/aromatic N) is 3. The summed E-state index contributed by atoms with van der Waals surface area (Å²) in [6, 6.07) is 10.1. The summed E-state index contributed by atoms with van der Waals surface area (Å²) in [6.45, 7) is 4.56. The summed E-state index contributed by atoms with van der Waals surface area (Å²) in [5.74, 6) is 0. The molecule has 5 heteroatoms. The minimum atomic E-state index is 0.151. The quantitative estimate of drug-likeness (QED) is 0.855. The van der Waals surface area contributed by atoms with Gasteiger partial charge in [-0.3, -0.25) is 9.58 Å². The predicted octanol–water partition coefficient (Wildman–Crippen LogP) is 2.94. The minimum absolute atomic E-state index is 0.151. The van der Waals surface area contributed by atoms with Crippen molar-refractivity contribution < 1.29 is 5.11 Å². The Morgan fingerprint density at radius 3 is 2.57 bits per heavy atom. The van der Waals surface area contributed by atoms with Crippen molar-refractivity contribution in [2.45, 2.75) is 19.9 Å². The van der Waals surface area contributed by atoms with Gasteiger partial charge >= 0.3 is 0 Å². The zero-order valence-corrected chi connectivity index (χ0v) is 13.3. The maximum atomic E-state index is 9.21. The van der Waals surface area contributed by atoms with Crippen LogP contribution in [0.1, 0.15) is 18.9 Å². The van der Waals surface area contributed by atoms with Gasteiger partial charge in [0.2, 0.25) is 0 Å². The molecule has 1 aromatic heterocycles. The molecule has 4 nitrogen and oxygen atoms in total. The molecule has 0 unspecified atom stereocenters. The lowest BCUT2D eigenvalue weighted by molar-refractivity contribution is 0.190. The molecule has 21 heavy (non-hydrogen) atoms. The molecule has 0 bridgehead atoms. The van der Waals surface area contributed by atoms with Gasteiger partial charge in [0.05, 0.1) is 12.3 Å². The van der Waals surface area contributed by atoms with Crippen molar-refractivity contribution >= 4 is 11.6 Å². The Balaban J connectivity index is 2.34. The number of hydrogen-bond donors (Lipinski definition) is 1. The van der Waals surface area contributed by atoms with E-state index in [0.29, 0.717) is 18.2 Å². The van der Waals surface area contributed by atoms with Gasteiger partial charge in [0.1, 0.15) is 5.15 Å². The second-order valence-electron chi connectivity index (χ2n) is 5.11. The third-order valence-electron chi connectivity index (χ3n) is 3.45. The number of benzene rings is 1. The summed E-state index contributed by atoms with van der Waals surface area (Å²) in [6.07, 6.45) is 1.04. The average Bonchev–Trinajstić information content (AvgIpc) is 2.77. The fourth-order valence-corrected chi connectivity index (χ4v) is 2.65. The van der Waals surface area contributed by atoms with Crippen LogP contribution in [0.15, 0.2) is 30.3 Å². The first-order valence-electron chi connectivity index (χ1n) is 7.27. The van der Waals surface area contributed by atoms with Crippen LogP contribution < -0.4 is 0 Å². The second-order valence-corrected chi connectivity index (χ2v) is 5.47. The van der Waals surface area contributed by atoms with Crippen molar-refractivity contribution in [2.24, 2.45) is 7.05 Å². The first-order chi connectivity index (χ1) is 10.2. The van der Waals surface area contributed by atoms with E-state index in [-0.39, 0.29) is 6.61 Å². The van der Waals surface area contributed by atoms with Crippen LogP contribution in [0.5, 0.6) is 0 Å². The minimum Gasteiger partial charge on any atom is -0.395 e. The van der Waals surface area contributed by atoms with E-state index in [1.165, 1.54) is 0 Å². The van der Waals surface area contributed by atoms with Crippen molar-refractivity contribution in [1.29, 1.82) is 0 Å². The number of hydrogen-bond acceptors (Lipinski definition) is 3. The van der Waals surface area contributed by atoms with Gasteiger partial charge in [-0.2, -0.15) is 5.10 Å². The second kappa shape index (κ2) is 7.59. The SMILES string of the molecule is CCCN(CCO)Cc1c(-c2ccccc2)nn(C)c1Cl. The normalized spacial score (nSPS) is 11.3. The molecule has 0 saturated carbocycles. The molecule has 1 N–H and O–H groups in total. The van der Waals surface area contributed by atoms with Crippen molar-refractivity contribution in [3.63, 3.8) is 0 Å². The first-order valence-corrected chi connectivity index (χ1v) is 7.65. The number of aliphatic hydroxyl groups is 1. The molecule has 1 heterocycles. The summed E-state index contributed by atoms with van der Waals surface area (Å²) >= 11 is 6.42. The van der Waals surface area contributed by atoms with Crippen molar-refractivity contribution in [1.82, 2.24) is 14.7 Å². The van der Waals surface area contributed by atoms with Gasteiger partial charge in [0.15, 0.2) is 0 Å². The topological polar surface area (TPSA) is 41.3 Å². The summed E-state index contributed by atoms with van der Waals surface area (Å²) in [4.78, 5) is 2.20. The number of rotatable bonds is 7. The molecule has 0 aliphatic heterocycles. The Kier molecular flexibility index (Phi) is 5.79. The highest BCUT2D eigenvalue weighted by Gasteiger charge is 2.18. The number of aliphatic hydroxyl groups excluding tert-OH is 1. The van der Waals surface area contributed by atoms with Crippen LogP contribution in [0.2, 0.25) is 5.15 Å². The number of aromatic nitrogens is 2. The molecule has 114 valence electrons. The standard InChI is InChI=1S/C16H22ClN3O/c1-3-9-20(10-11-21)12-14-15(18-19(2)16(14)17)13-7-5-4-6-8-13/h4-8,21H,3,9-12H2,1-2H3. The Labute approximate surface area is 131 Å². The van der Waals surface area contributed by atoms with Crippen LogP contribution in [-0.4, -0.2) is 39.5 Å². The Morgan fingerprint density at radius 1 is 1.24 bits per heavy atom. The third kappa shape index (κ3) is 3.84. The molecule has 0 spiro atoms. The van der Waals surface area contributed by atoms with E-state index in [9.17, 15) is 5.11 Å². The average molecular weight is 308 g/mol. The maximum Gasteiger partial charge on any atom is 0.131 e. The molecule has 0 saturated heterocycles. The Morgan fingerprint density at radius 2 is 1.95 bits per heavy atom. The lowest BCUT2D eigenvalue weighted by Crippen LogP contribution is -2.27. The van der Waals surface area contributed by atoms with Crippen LogP contribution >= 0.6 is 11.6 Å². The van der Waals surface area contributed by atoms with Crippen LogP contribution in [0, 0.1) is 0 Å². The van der Waals surface area contributed by atoms with E-state index in [1.807, 2.05) is 37.4 Å². The summed E-state index contributed by atoms with van der Waals surface area (Å²) in [7, 11) is 1.86. The highest BCUT2D eigenvalue weighted by atomic mass is 35.5. The van der Waals surface area contributed by atoms with Crippen molar-refractivity contribution in [3.8, 4) is 11.3 Å². The Hall–Kier alpha value is -1.36. The summed E-state index contributed by atoms with van der Waals surface area (Å²) in [5.41, 5.74) is 3.00. The largest absolute Gasteiger partial charge is 0.395 e. The van der Waals surface area contributed by atoms with Crippen molar-refractivity contribution in [2.75, 3.05) is 19.7 Å². The molecule has 2 rings (SSSR count). The van der Waals surface area contributed by atoms with Gasteiger partial charge in [-0.15, -0.1) is 0 Å². The van der Waals surface area contributed by atoms with Crippen LogP contribution in [0.25, 0.3) is 11.3 Å². The van der Waals surface area contributed by atoms with E-state index in [2.05, 4.69) is 16.9 Å². The fourth-order valence-electron chi connectivity index (χ4n) is 2.47. The number of aryl methyl sites for hydroxylation is 1. The van der Waals surface area contributed by atoms with Crippen LogP contribution in [0.3, 0.4) is 0 Å². The van der Waals surface area contributed by atoms with E-state index in [0.717, 1.165) is 29.8 Å². The molecular weight excluding hydrogens is 286 g/mol. The van der Waals surface area contributed by atoms with E-state index in [1.54, 1.807) is 4.68 Å². The molecule has 2 aromatic rings. The lowest BCUT2D eigenvalue weighted by atomic mass is 10.1. The molecule has 0 fully saturated rings. The van der Waals surface area contributed by atoms with E-state index >= 15 is 0 Å². The molecule has 0 atom stereocenters. The van der Waals surface area contributed by atoms with Gasteiger partial charge in [-0.25, -0.2) is 0 Å². The van der Waals surface area contributed by atoms with Gasteiger partial charge < -0.3 is 5.11 Å². The Bertz CT molecular complexity index is 562. The fraction of sp³-hybridized carbons (Fsp3) is 0.438. The zero-order chi connectivity index (χ0) is 15.2. The van der Waals surface area contributed by atoms with Gasteiger partial charge in [0, 0.05) is 31.3 Å². The highest BCUT2D eigenvalue weighted by molar-refractivity contribution is 6.30. The molecule has 1 aromatic carbocycles. The summed E-state index contributed by atoms with van der Waals surface area (Å²) < 4.78 is 1.71. The van der Waals surface area contributed by atoms with E-state index in [4.69, 9.17) is 11.6 Å². The van der Waals surface area contributed by atoms with Gasteiger partial charge in [-0.05, 0) is 13.0 Å².